The van der Waals surface area contributed by atoms with Gasteiger partial charge in [0.15, 0.2) is 15.7 Å². The number of rotatable bonds is 5. The molecule has 2 atom stereocenters. The lowest BCUT2D eigenvalue weighted by Gasteiger charge is -2.05. The molecule has 2 heterocycles. The van der Waals surface area contributed by atoms with Crippen molar-refractivity contribution in [2.45, 2.75) is 43.9 Å². The van der Waals surface area contributed by atoms with Gasteiger partial charge in [0.2, 0.25) is 5.89 Å². The highest BCUT2D eigenvalue weighted by molar-refractivity contribution is 7.92. The monoisotopic (exact) mass is 273 g/mol. The molecule has 0 saturated carbocycles. The van der Waals surface area contributed by atoms with Crippen LogP contribution < -0.4 is 5.32 Å². The van der Waals surface area contributed by atoms with Crippen LogP contribution in [0, 0.1) is 0 Å². The summed E-state index contributed by atoms with van der Waals surface area (Å²) < 4.78 is 28.5. The first kappa shape index (κ1) is 13.5. The topological polar surface area (TPSA) is 85.1 Å². The Morgan fingerprint density at radius 1 is 1.56 bits per heavy atom. The number of nitrogens with zero attached hydrogens (tertiary/aromatic N) is 2. The average molecular weight is 273 g/mol. The lowest BCUT2D eigenvalue weighted by molar-refractivity contribution is 0.360. The van der Waals surface area contributed by atoms with Crippen LogP contribution in [0.3, 0.4) is 0 Å². The van der Waals surface area contributed by atoms with Crippen molar-refractivity contribution in [3.63, 3.8) is 0 Å². The second-order valence-corrected chi connectivity index (χ2v) is 7.23. The predicted molar refractivity (Wildman–Crippen MR) is 67.0 cm³/mol. The molecule has 0 spiro atoms. The smallest absolute Gasteiger partial charge is 0.228 e. The maximum absolute atomic E-state index is 11.7. The number of hydrogen-bond acceptors (Lipinski definition) is 6. The van der Waals surface area contributed by atoms with Crippen LogP contribution in [0.1, 0.15) is 31.5 Å². The van der Waals surface area contributed by atoms with Crippen molar-refractivity contribution < 1.29 is 12.9 Å². The van der Waals surface area contributed by atoms with E-state index in [1.165, 1.54) is 0 Å². The molecule has 102 valence electrons. The summed E-state index contributed by atoms with van der Waals surface area (Å²) in [7, 11) is -1.07. The fourth-order valence-corrected chi connectivity index (χ4v) is 3.94. The lowest BCUT2D eigenvalue weighted by Crippen LogP contribution is -2.23. The normalized spacial score (nSPS) is 24.2. The van der Waals surface area contributed by atoms with E-state index < -0.39 is 9.84 Å². The molecule has 0 amide bonds. The standard InChI is InChI=1S/C11H19N3O3S/c1-8(12-2)6-11-13-10(14-17-11)7-9-4-3-5-18(9,15)16/h8-9,12H,3-7H2,1-2H3. The van der Waals surface area contributed by atoms with Crippen molar-refractivity contribution in [1.29, 1.82) is 0 Å². The van der Waals surface area contributed by atoms with E-state index in [2.05, 4.69) is 15.5 Å². The molecule has 7 heteroatoms. The summed E-state index contributed by atoms with van der Waals surface area (Å²) in [6, 6.07) is 0.258. The highest BCUT2D eigenvalue weighted by Gasteiger charge is 2.32. The van der Waals surface area contributed by atoms with Crippen molar-refractivity contribution in [2.24, 2.45) is 0 Å². The molecule has 0 radical (unpaired) electrons. The van der Waals surface area contributed by atoms with Gasteiger partial charge in [0.1, 0.15) is 0 Å². The molecular formula is C11H19N3O3S. The van der Waals surface area contributed by atoms with E-state index in [1.54, 1.807) is 0 Å². The summed E-state index contributed by atoms with van der Waals surface area (Å²) in [5.41, 5.74) is 0. The van der Waals surface area contributed by atoms with Crippen molar-refractivity contribution in [2.75, 3.05) is 12.8 Å². The van der Waals surface area contributed by atoms with Gasteiger partial charge in [-0.15, -0.1) is 0 Å². The highest BCUT2D eigenvalue weighted by Crippen LogP contribution is 2.22. The Morgan fingerprint density at radius 2 is 2.33 bits per heavy atom. The summed E-state index contributed by atoms with van der Waals surface area (Å²) in [6.07, 6.45) is 2.48. The number of nitrogens with one attached hydrogen (secondary N) is 1. The fourth-order valence-electron chi connectivity index (χ4n) is 2.11. The number of sulfone groups is 1. The predicted octanol–water partition coefficient (Wildman–Crippen LogP) is 0.340. The third-order valence-corrected chi connectivity index (χ3v) is 5.63. The van der Waals surface area contributed by atoms with E-state index in [0.29, 0.717) is 36.7 Å². The summed E-state index contributed by atoms with van der Waals surface area (Å²) in [5, 5.41) is 6.61. The molecule has 0 bridgehead atoms. The van der Waals surface area contributed by atoms with Gasteiger partial charge < -0.3 is 9.84 Å². The molecule has 1 aliphatic rings. The maximum Gasteiger partial charge on any atom is 0.228 e. The quantitative estimate of drug-likeness (QED) is 0.832. The molecule has 0 aliphatic carbocycles. The summed E-state index contributed by atoms with van der Waals surface area (Å²) in [6.45, 7) is 2.02. The van der Waals surface area contributed by atoms with Crippen LogP contribution in [-0.4, -0.2) is 42.7 Å². The average Bonchev–Trinajstić information content (AvgIpc) is 2.87. The molecule has 0 aromatic carbocycles. The zero-order chi connectivity index (χ0) is 13.2. The maximum atomic E-state index is 11.7. The largest absolute Gasteiger partial charge is 0.339 e. The fraction of sp³-hybridized carbons (Fsp3) is 0.818. The van der Waals surface area contributed by atoms with Gasteiger partial charge in [-0.1, -0.05) is 5.16 Å². The summed E-state index contributed by atoms with van der Waals surface area (Å²) >= 11 is 0. The first-order valence-electron chi connectivity index (χ1n) is 6.21. The molecular weight excluding hydrogens is 254 g/mol. The van der Waals surface area contributed by atoms with Gasteiger partial charge in [-0.05, 0) is 26.8 Å². The Labute approximate surface area is 107 Å². The van der Waals surface area contributed by atoms with Crippen LogP contribution in [0.4, 0.5) is 0 Å². The van der Waals surface area contributed by atoms with Crippen LogP contribution in [0.25, 0.3) is 0 Å². The summed E-state index contributed by atoms with van der Waals surface area (Å²) in [4.78, 5) is 4.24. The van der Waals surface area contributed by atoms with Crippen molar-refractivity contribution in [1.82, 2.24) is 15.5 Å². The van der Waals surface area contributed by atoms with Gasteiger partial charge in [0.05, 0.1) is 11.0 Å². The molecule has 1 saturated heterocycles. The van der Waals surface area contributed by atoms with E-state index in [1.807, 2.05) is 14.0 Å². The first-order chi connectivity index (χ1) is 8.51. The zero-order valence-electron chi connectivity index (χ0n) is 10.7. The Morgan fingerprint density at radius 3 is 2.94 bits per heavy atom. The zero-order valence-corrected chi connectivity index (χ0v) is 11.5. The van der Waals surface area contributed by atoms with Crippen LogP contribution in [0.5, 0.6) is 0 Å². The van der Waals surface area contributed by atoms with Crippen LogP contribution in [-0.2, 0) is 22.7 Å². The van der Waals surface area contributed by atoms with Gasteiger partial charge >= 0.3 is 0 Å². The molecule has 1 aromatic heterocycles. The van der Waals surface area contributed by atoms with Crippen molar-refractivity contribution >= 4 is 9.84 Å². The van der Waals surface area contributed by atoms with E-state index in [4.69, 9.17) is 4.52 Å². The first-order valence-corrected chi connectivity index (χ1v) is 7.93. The molecule has 1 aliphatic heterocycles. The Hall–Kier alpha value is -0.950. The number of aromatic nitrogens is 2. The molecule has 2 rings (SSSR count). The third-order valence-electron chi connectivity index (χ3n) is 3.36. The van der Waals surface area contributed by atoms with E-state index in [-0.39, 0.29) is 11.3 Å². The molecule has 1 fully saturated rings. The molecule has 2 unspecified atom stereocenters. The molecule has 1 aromatic rings. The highest BCUT2D eigenvalue weighted by atomic mass is 32.2. The van der Waals surface area contributed by atoms with Crippen LogP contribution in [0.2, 0.25) is 0 Å². The van der Waals surface area contributed by atoms with Crippen LogP contribution in [0.15, 0.2) is 4.52 Å². The number of likely N-dealkylation sites (N-methyl/N-ethyl adjacent to an activating group) is 1. The van der Waals surface area contributed by atoms with Gasteiger partial charge in [0, 0.05) is 18.9 Å². The van der Waals surface area contributed by atoms with E-state index in [0.717, 1.165) is 6.42 Å². The minimum absolute atomic E-state index is 0.258. The molecule has 18 heavy (non-hydrogen) atoms. The second kappa shape index (κ2) is 5.36. The lowest BCUT2D eigenvalue weighted by atomic mass is 10.2. The van der Waals surface area contributed by atoms with Gasteiger partial charge in [-0.2, -0.15) is 4.98 Å². The SMILES string of the molecule is CNC(C)Cc1nc(CC2CCCS2(=O)=O)no1. The van der Waals surface area contributed by atoms with Gasteiger partial charge in [-0.3, -0.25) is 0 Å². The Bertz CT molecular complexity index is 497. The Balaban J connectivity index is 1.98. The number of hydrogen-bond donors (Lipinski definition) is 1. The molecule has 1 N–H and O–H groups in total. The van der Waals surface area contributed by atoms with Gasteiger partial charge in [-0.25, -0.2) is 8.42 Å². The second-order valence-electron chi connectivity index (χ2n) is 4.83. The van der Waals surface area contributed by atoms with E-state index >= 15 is 0 Å². The van der Waals surface area contributed by atoms with Crippen molar-refractivity contribution in [3.05, 3.63) is 11.7 Å². The summed E-state index contributed by atoms with van der Waals surface area (Å²) in [5.74, 6) is 1.35. The van der Waals surface area contributed by atoms with E-state index in [9.17, 15) is 8.42 Å². The molecule has 6 nitrogen and oxygen atoms in total. The van der Waals surface area contributed by atoms with Crippen LogP contribution >= 0.6 is 0 Å². The van der Waals surface area contributed by atoms with Gasteiger partial charge in [0.25, 0.3) is 0 Å². The minimum atomic E-state index is -2.94. The van der Waals surface area contributed by atoms with Crippen molar-refractivity contribution in [3.8, 4) is 0 Å². The Kier molecular flexibility index (Phi) is 4.01. The third kappa shape index (κ3) is 3.08. The minimum Gasteiger partial charge on any atom is -0.339 e.